The molecule has 2 aromatic rings. The minimum atomic E-state index is -0.762. The SMILES string of the molecule is COc1ccc(OCC(O)CN2CCC(O)(c3ccccc3)CC2)cc1. The summed E-state index contributed by atoms with van der Waals surface area (Å²) >= 11 is 0. The standard InChI is InChI=1S/C21H27NO4/c1-25-19-7-9-20(10-8-19)26-16-18(23)15-22-13-11-21(24,12-14-22)17-5-3-2-4-6-17/h2-10,18,23-24H,11-16H2,1H3. The van der Waals surface area contributed by atoms with Crippen LogP contribution in [0.3, 0.4) is 0 Å². The number of hydrogen-bond acceptors (Lipinski definition) is 5. The highest BCUT2D eigenvalue weighted by Crippen LogP contribution is 2.32. The predicted molar refractivity (Wildman–Crippen MR) is 101 cm³/mol. The van der Waals surface area contributed by atoms with Crippen LogP contribution in [0.25, 0.3) is 0 Å². The van der Waals surface area contributed by atoms with Crippen LogP contribution < -0.4 is 9.47 Å². The Hall–Kier alpha value is -2.08. The van der Waals surface area contributed by atoms with Crippen molar-refractivity contribution in [3.8, 4) is 11.5 Å². The number of ether oxygens (including phenoxy) is 2. The van der Waals surface area contributed by atoms with Gasteiger partial charge in [0, 0.05) is 19.6 Å². The lowest BCUT2D eigenvalue weighted by atomic mass is 9.84. The van der Waals surface area contributed by atoms with Crippen LogP contribution in [0.15, 0.2) is 54.6 Å². The van der Waals surface area contributed by atoms with Gasteiger partial charge >= 0.3 is 0 Å². The molecule has 1 aliphatic heterocycles. The first-order chi connectivity index (χ1) is 12.6. The fourth-order valence-corrected chi connectivity index (χ4v) is 3.36. The molecule has 1 unspecified atom stereocenters. The number of nitrogens with zero attached hydrogens (tertiary/aromatic N) is 1. The molecule has 5 nitrogen and oxygen atoms in total. The summed E-state index contributed by atoms with van der Waals surface area (Å²) in [5, 5.41) is 21.1. The number of piperidine rings is 1. The molecule has 26 heavy (non-hydrogen) atoms. The third-order valence-corrected chi connectivity index (χ3v) is 4.97. The molecule has 1 heterocycles. The molecule has 2 aromatic carbocycles. The zero-order chi connectivity index (χ0) is 18.4. The van der Waals surface area contributed by atoms with Crippen LogP contribution in [0.4, 0.5) is 0 Å². The second-order valence-electron chi connectivity index (χ2n) is 6.84. The Kier molecular flexibility index (Phi) is 6.14. The zero-order valence-corrected chi connectivity index (χ0v) is 15.2. The molecule has 1 fully saturated rings. The maximum Gasteiger partial charge on any atom is 0.119 e. The van der Waals surface area contributed by atoms with Crippen molar-refractivity contribution in [1.82, 2.24) is 4.90 Å². The molecule has 1 atom stereocenters. The lowest BCUT2D eigenvalue weighted by Gasteiger charge is -2.39. The molecule has 0 radical (unpaired) electrons. The smallest absolute Gasteiger partial charge is 0.119 e. The van der Waals surface area contributed by atoms with Gasteiger partial charge in [0.05, 0.1) is 12.7 Å². The Morgan fingerprint density at radius 1 is 1.00 bits per heavy atom. The van der Waals surface area contributed by atoms with Gasteiger partial charge < -0.3 is 24.6 Å². The first-order valence-electron chi connectivity index (χ1n) is 9.04. The zero-order valence-electron chi connectivity index (χ0n) is 15.2. The van der Waals surface area contributed by atoms with Gasteiger partial charge in [-0.3, -0.25) is 0 Å². The van der Waals surface area contributed by atoms with E-state index in [1.54, 1.807) is 7.11 Å². The second kappa shape index (κ2) is 8.54. The van der Waals surface area contributed by atoms with Crippen molar-refractivity contribution in [1.29, 1.82) is 0 Å². The first kappa shape index (κ1) is 18.7. The van der Waals surface area contributed by atoms with Crippen molar-refractivity contribution < 1.29 is 19.7 Å². The number of hydrogen-bond donors (Lipinski definition) is 2. The number of aliphatic hydroxyl groups excluding tert-OH is 1. The Bertz CT molecular complexity index is 666. The minimum Gasteiger partial charge on any atom is -0.497 e. The number of methoxy groups -OCH3 is 1. The molecule has 1 aliphatic rings. The third kappa shape index (κ3) is 4.75. The van der Waals surface area contributed by atoms with E-state index in [4.69, 9.17) is 9.47 Å². The van der Waals surface area contributed by atoms with Crippen LogP contribution >= 0.6 is 0 Å². The maximum atomic E-state index is 10.9. The second-order valence-corrected chi connectivity index (χ2v) is 6.84. The first-order valence-corrected chi connectivity index (χ1v) is 9.04. The van der Waals surface area contributed by atoms with Gasteiger partial charge in [0.15, 0.2) is 0 Å². The molecule has 0 bridgehead atoms. The van der Waals surface area contributed by atoms with Gasteiger partial charge in [-0.05, 0) is 42.7 Å². The summed E-state index contributed by atoms with van der Waals surface area (Å²) in [5.41, 5.74) is 0.213. The number of aliphatic hydroxyl groups is 2. The van der Waals surface area contributed by atoms with Crippen molar-refractivity contribution >= 4 is 0 Å². The largest absolute Gasteiger partial charge is 0.497 e. The highest BCUT2D eigenvalue weighted by molar-refractivity contribution is 5.31. The van der Waals surface area contributed by atoms with E-state index in [-0.39, 0.29) is 6.61 Å². The van der Waals surface area contributed by atoms with E-state index in [1.165, 1.54) is 0 Å². The number of likely N-dealkylation sites (tertiary alicyclic amines) is 1. The van der Waals surface area contributed by atoms with Crippen molar-refractivity contribution in [2.45, 2.75) is 24.5 Å². The van der Waals surface area contributed by atoms with E-state index < -0.39 is 11.7 Å². The molecule has 2 N–H and O–H groups in total. The van der Waals surface area contributed by atoms with E-state index in [2.05, 4.69) is 4.90 Å². The molecule has 1 saturated heterocycles. The Labute approximate surface area is 154 Å². The van der Waals surface area contributed by atoms with Gasteiger partial charge in [-0.15, -0.1) is 0 Å². The summed E-state index contributed by atoms with van der Waals surface area (Å²) in [6.45, 7) is 2.29. The quantitative estimate of drug-likeness (QED) is 0.797. The maximum absolute atomic E-state index is 10.9. The van der Waals surface area contributed by atoms with Crippen molar-refractivity contribution in [3.63, 3.8) is 0 Å². The summed E-state index contributed by atoms with van der Waals surface area (Å²) in [6.07, 6.45) is 0.770. The van der Waals surface area contributed by atoms with Gasteiger partial charge in [-0.1, -0.05) is 30.3 Å². The van der Waals surface area contributed by atoms with Crippen molar-refractivity contribution in [2.24, 2.45) is 0 Å². The fourth-order valence-electron chi connectivity index (χ4n) is 3.36. The fraction of sp³-hybridized carbons (Fsp3) is 0.429. The average Bonchev–Trinajstić information content (AvgIpc) is 2.69. The van der Waals surface area contributed by atoms with Gasteiger partial charge in [0.2, 0.25) is 0 Å². The number of rotatable bonds is 7. The average molecular weight is 357 g/mol. The Morgan fingerprint density at radius 2 is 1.62 bits per heavy atom. The van der Waals surface area contributed by atoms with Crippen LogP contribution in [0, 0.1) is 0 Å². The van der Waals surface area contributed by atoms with Crippen molar-refractivity contribution in [3.05, 3.63) is 60.2 Å². The van der Waals surface area contributed by atoms with Crippen LogP contribution in [-0.2, 0) is 5.60 Å². The van der Waals surface area contributed by atoms with Gasteiger partial charge in [0.25, 0.3) is 0 Å². The summed E-state index contributed by atoms with van der Waals surface area (Å²) in [6, 6.07) is 17.1. The molecule has 0 aromatic heterocycles. The monoisotopic (exact) mass is 357 g/mol. The molecule has 0 spiro atoms. The van der Waals surface area contributed by atoms with Crippen LogP contribution in [-0.4, -0.2) is 54.6 Å². The van der Waals surface area contributed by atoms with Gasteiger partial charge in [-0.25, -0.2) is 0 Å². The summed E-state index contributed by atoms with van der Waals surface area (Å²) in [5.74, 6) is 1.49. The van der Waals surface area contributed by atoms with Crippen molar-refractivity contribution in [2.75, 3.05) is 33.4 Å². The summed E-state index contributed by atoms with van der Waals surface area (Å²) in [7, 11) is 1.62. The highest BCUT2D eigenvalue weighted by Gasteiger charge is 2.34. The lowest BCUT2D eigenvalue weighted by molar-refractivity contribution is -0.0372. The summed E-state index contributed by atoms with van der Waals surface area (Å²) < 4.78 is 10.7. The topological polar surface area (TPSA) is 62.2 Å². The molecular formula is C21H27NO4. The lowest BCUT2D eigenvalue weighted by Crippen LogP contribution is -2.46. The van der Waals surface area contributed by atoms with Gasteiger partial charge in [0.1, 0.15) is 24.2 Å². The van der Waals surface area contributed by atoms with E-state index in [1.807, 2.05) is 54.6 Å². The predicted octanol–water partition coefficient (Wildman–Crippen LogP) is 2.42. The minimum absolute atomic E-state index is 0.242. The number of benzene rings is 2. The molecule has 0 aliphatic carbocycles. The van der Waals surface area contributed by atoms with Crippen LogP contribution in [0.1, 0.15) is 18.4 Å². The van der Waals surface area contributed by atoms with E-state index in [0.717, 1.165) is 24.4 Å². The van der Waals surface area contributed by atoms with E-state index in [0.29, 0.717) is 25.1 Å². The molecule has 5 heteroatoms. The number of β-amino-alcohol motifs (C(OH)–C–C–N with tert-alkyl or cyclic N) is 1. The Balaban J connectivity index is 1.43. The van der Waals surface area contributed by atoms with E-state index >= 15 is 0 Å². The molecule has 140 valence electrons. The van der Waals surface area contributed by atoms with Gasteiger partial charge in [-0.2, -0.15) is 0 Å². The van der Waals surface area contributed by atoms with Crippen LogP contribution in [0.5, 0.6) is 11.5 Å². The highest BCUT2D eigenvalue weighted by atomic mass is 16.5. The molecule has 0 saturated carbocycles. The van der Waals surface area contributed by atoms with Crippen LogP contribution in [0.2, 0.25) is 0 Å². The molecule has 0 amide bonds. The normalized spacial score (nSPS) is 18.3. The third-order valence-electron chi connectivity index (χ3n) is 4.97. The Morgan fingerprint density at radius 3 is 2.23 bits per heavy atom. The molecular weight excluding hydrogens is 330 g/mol. The summed E-state index contributed by atoms with van der Waals surface area (Å²) in [4.78, 5) is 2.18. The molecule has 3 rings (SSSR count). The van der Waals surface area contributed by atoms with E-state index in [9.17, 15) is 10.2 Å².